The SMILES string of the molecule is [C-]#[N+]c1cccnc1Nc1ccc(Oc2ccc(C[C@H](N)C(=O)OC)cc2)cc1. The lowest BCUT2D eigenvalue weighted by atomic mass is 10.1. The Balaban J connectivity index is 1.61. The van der Waals surface area contributed by atoms with Crippen LogP contribution in [0.2, 0.25) is 0 Å². The molecule has 29 heavy (non-hydrogen) atoms. The Morgan fingerprint density at radius 2 is 1.79 bits per heavy atom. The van der Waals surface area contributed by atoms with Crippen molar-refractivity contribution >= 4 is 23.2 Å². The summed E-state index contributed by atoms with van der Waals surface area (Å²) in [7, 11) is 1.32. The van der Waals surface area contributed by atoms with Gasteiger partial charge < -0.3 is 20.5 Å². The molecule has 0 aliphatic rings. The number of anilines is 2. The zero-order valence-corrected chi connectivity index (χ0v) is 15.8. The fourth-order valence-electron chi connectivity index (χ4n) is 2.64. The zero-order chi connectivity index (χ0) is 20.6. The van der Waals surface area contributed by atoms with Gasteiger partial charge in [0.15, 0.2) is 0 Å². The fourth-order valence-corrected chi connectivity index (χ4v) is 2.64. The van der Waals surface area contributed by atoms with E-state index in [2.05, 4.69) is 19.9 Å². The first kappa shape index (κ1) is 19.9. The molecule has 0 fully saturated rings. The second-order valence-corrected chi connectivity index (χ2v) is 6.21. The quantitative estimate of drug-likeness (QED) is 0.465. The molecule has 0 aliphatic carbocycles. The van der Waals surface area contributed by atoms with E-state index in [9.17, 15) is 4.79 Å². The maximum absolute atomic E-state index is 11.4. The van der Waals surface area contributed by atoms with E-state index in [0.29, 0.717) is 29.4 Å². The number of benzene rings is 2. The molecule has 0 spiro atoms. The summed E-state index contributed by atoms with van der Waals surface area (Å²) in [6.45, 7) is 7.19. The van der Waals surface area contributed by atoms with Crippen molar-refractivity contribution in [2.75, 3.05) is 12.4 Å². The number of rotatable bonds is 7. The average Bonchev–Trinajstić information content (AvgIpc) is 2.76. The van der Waals surface area contributed by atoms with Crippen LogP contribution in [-0.2, 0) is 16.0 Å². The topological polar surface area (TPSA) is 90.8 Å². The van der Waals surface area contributed by atoms with Gasteiger partial charge in [-0.2, -0.15) is 0 Å². The molecule has 7 nitrogen and oxygen atoms in total. The molecule has 146 valence electrons. The summed E-state index contributed by atoms with van der Waals surface area (Å²) >= 11 is 0. The lowest BCUT2D eigenvalue weighted by Crippen LogP contribution is -2.33. The van der Waals surface area contributed by atoms with E-state index in [-0.39, 0.29) is 0 Å². The number of esters is 1. The molecule has 2 aromatic carbocycles. The number of nitrogens with zero attached hydrogens (tertiary/aromatic N) is 2. The minimum absolute atomic E-state index is 0.396. The molecule has 0 unspecified atom stereocenters. The summed E-state index contributed by atoms with van der Waals surface area (Å²) in [6.07, 6.45) is 2.03. The third-order valence-electron chi connectivity index (χ3n) is 4.14. The number of hydrogen-bond donors (Lipinski definition) is 2. The van der Waals surface area contributed by atoms with Gasteiger partial charge in [-0.1, -0.05) is 24.3 Å². The number of nitrogens with one attached hydrogen (secondary N) is 1. The van der Waals surface area contributed by atoms with E-state index in [0.717, 1.165) is 11.3 Å². The van der Waals surface area contributed by atoms with Crippen LogP contribution in [0, 0.1) is 6.57 Å². The molecule has 0 radical (unpaired) electrons. The van der Waals surface area contributed by atoms with Crippen LogP contribution in [0.15, 0.2) is 66.9 Å². The molecule has 1 atom stereocenters. The lowest BCUT2D eigenvalue weighted by Gasteiger charge is -2.11. The highest BCUT2D eigenvalue weighted by Crippen LogP contribution is 2.28. The minimum Gasteiger partial charge on any atom is -0.468 e. The summed E-state index contributed by atoms with van der Waals surface area (Å²) in [6, 6.07) is 17.5. The molecule has 0 saturated carbocycles. The van der Waals surface area contributed by atoms with Gasteiger partial charge in [0.05, 0.1) is 13.7 Å². The Morgan fingerprint density at radius 3 is 2.41 bits per heavy atom. The number of methoxy groups -OCH3 is 1. The Kier molecular flexibility index (Phi) is 6.40. The van der Waals surface area contributed by atoms with Crippen LogP contribution in [0.4, 0.5) is 17.2 Å². The summed E-state index contributed by atoms with van der Waals surface area (Å²) in [5.74, 6) is 1.41. The predicted molar refractivity (Wildman–Crippen MR) is 110 cm³/mol. The van der Waals surface area contributed by atoms with Gasteiger partial charge in [-0.3, -0.25) is 9.78 Å². The molecule has 0 saturated heterocycles. The molecule has 7 heteroatoms. The number of carbonyl (C=O) groups excluding carboxylic acids is 1. The Bertz CT molecular complexity index is 1010. The first-order valence-corrected chi connectivity index (χ1v) is 8.89. The van der Waals surface area contributed by atoms with E-state index < -0.39 is 12.0 Å². The molecule has 0 bridgehead atoms. The normalized spacial score (nSPS) is 11.2. The van der Waals surface area contributed by atoms with Crippen LogP contribution in [0.5, 0.6) is 11.5 Å². The first-order chi connectivity index (χ1) is 14.1. The van der Waals surface area contributed by atoms with Crippen LogP contribution in [0.1, 0.15) is 5.56 Å². The van der Waals surface area contributed by atoms with Crippen LogP contribution >= 0.6 is 0 Å². The molecule has 3 rings (SSSR count). The van der Waals surface area contributed by atoms with E-state index >= 15 is 0 Å². The maximum Gasteiger partial charge on any atom is 0.322 e. The first-order valence-electron chi connectivity index (χ1n) is 8.89. The van der Waals surface area contributed by atoms with Crippen molar-refractivity contribution < 1.29 is 14.3 Å². The summed E-state index contributed by atoms with van der Waals surface area (Å²) < 4.78 is 10.5. The van der Waals surface area contributed by atoms with Crippen molar-refractivity contribution in [2.24, 2.45) is 5.73 Å². The van der Waals surface area contributed by atoms with Crippen molar-refractivity contribution in [1.29, 1.82) is 0 Å². The monoisotopic (exact) mass is 388 g/mol. The van der Waals surface area contributed by atoms with E-state index in [1.54, 1.807) is 18.3 Å². The molecule has 1 aromatic heterocycles. The van der Waals surface area contributed by atoms with Crippen LogP contribution < -0.4 is 15.8 Å². The highest BCUT2D eigenvalue weighted by Gasteiger charge is 2.14. The third kappa shape index (κ3) is 5.31. The number of ether oxygens (including phenoxy) is 2. The molecule has 0 amide bonds. The van der Waals surface area contributed by atoms with E-state index in [1.807, 2.05) is 48.5 Å². The average molecular weight is 388 g/mol. The van der Waals surface area contributed by atoms with Crippen LogP contribution in [-0.4, -0.2) is 24.1 Å². The molecule has 0 aliphatic heterocycles. The third-order valence-corrected chi connectivity index (χ3v) is 4.14. The number of carbonyl (C=O) groups is 1. The van der Waals surface area contributed by atoms with Gasteiger partial charge in [0.2, 0.25) is 5.69 Å². The highest BCUT2D eigenvalue weighted by atomic mass is 16.5. The van der Waals surface area contributed by atoms with Crippen molar-refractivity contribution in [3.05, 3.63) is 83.8 Å². The van der Waals surface area contributed by atoms with Gasteiger partial charge in [0.25, 0.3) is 0 Å². The molecular formula is C22H20N4O3. The number of nitrogens with two attached hydrogens (primary N) is 1. The second-order valence-electron chi connectivity index (χ2n) is 6.21. The lowest BCUT2D eigenvalue weighted by molar-refractivity contribution is -0.142. The standard InChI is InChI=1S/C22H20N4O3/c1-24-20-4-3-13-25-21(20)26-16-7-11-18(12-8-16)29-17-9-5-15(6-10-17)14-19(23)22(27)28-2/h3-13,19H,14,23H2,2H3,(H,25,26)/t19-/m0/s1. The largest absolute Gasteiger partial charge is 0.468 e. The molecule has 3 N–H and O–H groups in total. The van der Waals surface area contributed by atoms with Crippen molar-refractivity contribution in [1.82, 2.24) is 4.98 Å². The summed E-state index contributed by atoms with van der Waals surface area (Å²) in [4.78, 5) is 19.0. The highest BCUT2D eigenvalue weighted by molar-refractivity contribution is 5.75. The molecule has 3 aromatic rings. The number of aromatic nitrogens is 1. The second kappa shape index (κ2) is 9.35. The van der Waals surface area contributed by atoms with Gasteiger partial charge in [0.1, 0.15) is 23.4 Å². The maximum atomic E-state index is 11.4. The van der Waals surface area contributed by atoms with Crippen LogP contribution in [0.25, 0.3) is 4.85 Å². The van der Waals surface area contributed by atoms with Gasteiger partial charge in [-0.15, -0.1) is 0 Å². The van der Waals surface area contributed by atoms with Gasteiger partial charge in [-0.05, 0) is 48.4 Å². The van der Waals surface area contributed by atoms with Crippen molar-refractivity contribution in [2.45, 2.75) is 12.5 Å². The Labute approximate surface area is 168 Å². The van der Waals surface area contributed by atoms with Crippen molar-refractivity contribution in [3.8, 4) is 11.5 Å². The number of hydrogen-bond acceptors (Lipinski definition) is 6. The minimum atomic E-state index is -0.686. The van der Waals surface area contributed by atoms with E-state index in [4.69, 9.17) is 17.0 Å². The summed E-state index contributed by atoms with van der Waals surface area (Å²) in [5.41, 5.74) is 7.95. The smallest absolute Gasteiger partial charge is 0.322 e. The van der Waals surface area contributed by atoms with Gasteiger partial charge >= 0.3 is 5.97 Å². The molecular weight excluding hydrogens is 368 g/mol. The summed E-state index contributed by atoms with van der Waals surface area (Å²) in [5, 5.41) is 3.12. The predicted octanol–water partition coefficient (Wildman–Crippen LogP) is 4.21. The Hall–Kier alpha value is -3.89. The fraction of sp³-hybridized carbons (Fsp3) is 0.136. The van der Waals surface area contributed by atoms with Gasteiger partial charge in [-0.25, -0.2) is 4.85 Å². The number of pyridine rings is 1. The van der Waals surface area contributed by atoms with Gasteiger partial charge in [0, 0.05) is 11.9 Å². The van der Waals surface area contributed by atoms with Crippen LogP contribution in [0.3, 0.4) is 0 Å². The molecule has 1 heterocycles. The van der Waals surface area contributed by atoms with Crippen molar-refractivity contribution in [3.63, 3.8) is 0 Å². The zero-order valence-electron chi connectivity index (χ0n) is 15.8. The van der Waals surface area contributed by atoms with E-state index in [1.165, 1.54) is 7.11 Å². The Morgan fingerprint density at radius 1 is 1.14 bits per heavy atom.